The second kappa shape index (κ2) is 5.15. The van der Waals surface area contributed by atoms with Crippen LogP contribution in [0.25, 0.3) is 0 Å². The van der Waals surface area contributed by atoms with Gasteiger partial charge in [-0.2, -0.15) is 5.26 Å². The molecule has 1 saturated heterocycles. The minimum atomic E-state index is 0.115. The van der Waals surface area contributed by atoms with Gasteiger partial charge in [0.05, 0.1) is 13.2 Å². The maximum atomic E-state index is 9.12. The largest absolute Gasteiger partial charge is 0.473 e. The molecule has 0 atom stereocenters. The second-order valence-electron chi connectivity index (χ2n) is 4.30. The van der Waals surface area contributed by atoms with E-state index >= 15 is 0 Å². The summed E-state index contributed by atoms with van der Waals surface area (Å²) in [6, 6.07) is 4.06. The van der Waals surface area contributed by atoms with Gasteiger partial charge in [-0.3, -0.25) is 0 Å². The minimum Gasteiger partial charge on any atom is -0.473 e. The number of aryl methyl sites for hydroxylation is 2. The molecular formula is C13H16N2O2. The summed E-state index contributed by atoms with van der Waals surface area (Å²) < 4.78 is 11.1. The first kappa shape index (κ1) is 11.9. The van der Waals surface area contributed by atoms with E-state index in [1.165, 1.54) is 0 Å². The number of hydrogen-bond donors (Lipinski definition) is 0. The lowest BCUT2D eigenvalue weighted by Gasteiger charge is -2.23. The lowest BCUT2D eigenvalue weighted by Crippen LogP contribution is -2.26. The van der Waals surface area contributed by atoms with E-state index in [1.54, 1.807) is 0 Å². The maximum Gasteiger partial charge on any atom is 0.232 e. The Labute approximate surface area is 101 Å². The van der Waals surface area contributed by atoms with Crippen molar-refractivity contribution >= 4 is 0 Å². The van der Waals surface area contributed by atoms with E-state index in [0.717, 1.165) is 37.3 Å². The van der Waals surface area contributed by atoms with Crippen molar-refractivity contribution in [3.05, 3.63) is 22.9 Å². The molecule has 17 heavy (non-hydrogen) atoms. The fraction of sp³-hybridized carbons (Fsp3) is 0.538. The molecule has 1 aliphatic rings. The summed E-state index contributed by atoms with van der Waals surface area (Å²) in [6.45, 7) is 5.25. The molecule has 0 radical (unpaired) electrons. The Morgan fingerprint density at radius 2 is 2.12 bits per heavy atom. The van der Waals surface area contributed by atoms with Gasteiger partial charge in [0, 0.05) is 18.5 Å². The van der Waals surface area contributed by atoms with Crippen LogP contribution in [0, 0.1) is 25.2 Å². The summed E-state index contributed by atoms with van der Waals surface area (Å²) in [5, 5.41) is 9.12. The molecule has 2 heterocycles. The predicted molar refractivity (Wildman–Crippen MR) is 62.9 cm³/mol. The van der Waals surface area contributed by atoms with Crippen molar-refractivity contribution in [3.63, 3.8) is 0 Å². The highest BCUT2D eigenvalue weighted by Crippen LogP contribution is 2.23. The van der Waals surface area contributed by atoms with Crippen LogP contribution >= 0.6 is 0 Å². The number of pyridine rings is 1. The minimum absolute atomic E-state index is 0.115. The van der Waals surface area contributed by atoms with Gasteiger partial charge in [-0.25, -0.2) is 4.98 Å². The molecule has 4 nitrogen and oxygen atoms in total. The molecule has 4 heteroatoms. The third-order valence-electron chi connectivity index (χ3n) is 2.87. The van der Waals surface area contributed by atoms with Crippen LogP contribution < -0.4 is 4.74 Å². The summed E-state index contributed by atoms with van der Waals surface area (Å²) in [4.78, 5) is 4.31. The van der Waals surface area contributed by atoms with Crippen LogP contribution in [0.2, 0.25) is 0 Å². The van der Waals surface area contributed by atoms with Crippen molar-refractivity contribution in [2.45, 2.75) is 32.8 Å². The summed E-state index contributed by atoms with van der Waals surface area (Å²) in [6.07, 6.45) is 1.84. The van der Waals surface area contributed by atoms with Crippen LogP contribution in [0.15, 0.2) is 6.07 Å². The van der Waals surface area contributed by atoms with E-state index in [4.69, 9.17) is 14.7 Å². The summed E-state index contributed by atoms with van der Waals surface area (Å²) in [5.41, 5.74) is 2.34. The van der Waals surface area contributed by atoms with Crippen LogP contribution in [0.4, 0.5) is 0 Å². The van der Waals surface area contributed by atoms with Gasteiger partial charge in [-0.05, 0) is 25.5 Å². The fourth-order valence-electron chi connectivity index (χ4n) is 1.98. The zero-order valence-electron chi connectivity index (χ0n) is 10.2. The number of hydrogen-bond acceptors (Lipinski definition) is 4. The first-order valence-corrected chi connectivity index (χ1v) is 5.83. The van der Waals surface area contributed by atoms with Gasteiger partial charge in [0.15, 0.2) is 0 Å². The van der Waals surface area contributed by atoms with Crippen LogP contribution in [-0.4, -0.2) is 24.3 Å². The molecule has 90 valence electrons. The average Bonchev–Trinajstić information content (AvgIpc) is 2.30. The van der Waals surface area contributed by atoms with E-state index in [1.807, 2.05) is 19.9 Å². The van der Waals surface area contributed by atoms with Crippen molar-refractivity contribution in [2.24, 2.45) is 0 Å². The highest BCUT2D eigenvalue weighted by atomic mass is 16.5. The smallest absolute Gasteiger partial charge is 0.232 e. The second-order valence-corrected chi connectivity index (χ2v) is 4.30. The topological polar surface area (TPSA) is 55.1 Å². The highest BCUT2D eigenvalue weighted by molar-refractivity contribution is 5.45. The van der Waals surface area contributed by atoms with Crippen molar-refractivity contribution in [1.29, 1.82) is 5.26 Å². The van der Waals surface area contributed by atoms with Crippen LogP contribution in [-0.2, 0) is 4.74 Å². The highest BCUT2D eigenvalue weighted by Gasteiger charge is 2.18. The molecule has 0 aromatic carbocycles. The van der Waals surface area contributed by atoms with Crippen molar-refractivity contribution in [2.75, 3.05) is 13.2 Å². The normalized spacial score (nSPS) is 16.5. The van der Waals surface area contributed by atoms with Gasteiger partial charge in [0.2, 0.25) is 5.88 Å². The maximum absolute atomic E-state index is 9.12. The van der Waals surface area contributed by atoms with Crippen molar-refractivity contribution in [1.82, 2.24) is 4.98 Å². The molecule has 0 amide bonds. The van der Waals surface area contributed by atoms with Gasteiger partial charge in [-0.1, -0.05) is 0 Å². The molecule has 0 N–H and O–H groups in total. The molecule has 1 aliphatic heterocycles. The monoisotopic (exact) mass is 232 g/mol. The fourth-order valence-corrected chi connectivity index (χ4v) is 1.98. The molecule has 0 unspecified atom stereocenters. The van der Waals surface area contributed by atoms with E-state index in [-0.39, 0.29) is 6.10 Å². The molecule has 0 aliphatic carbocycles. The zero-order chi connectivity index (χ0) is 12.3. The predicted octanol–water partition coefficient (Wildman–Crippen LogP) is 2.13. The first-order chi connectivity index (χ1) is 8.20. The van der Waals surface area contributed by atoms with E-state index in [2.05, 4.69) is 11.1 Å². The third kappa shape index (κ3) is 2.75. The van der Waals surface area contributed by atoms with E-state index < -0.39 is 0 Å². The van der Waals surface area contributed by atoms with Gasteiger partial charge >= 0.3 is 0 Å². The lowest BCUT2D eigenvalue weighted by molar-refractivity contribution is 0.0235. The standard InChI is InChI=1S/C13H16N2O2/c1-9-7-10(2)15-13(12(9)8-14)17-11-3-5-16-6-4-11/h7,11H,3-6H2,1-2H3. The van der Waals surface area contributed by atoms with Gasteiger partial charge in [0.25, 0.3) is 0 Å². The molecule has 0 bridgehead atoms. The molecule has 1 fully saturated rings. The first-order valence-electron chi connectivity index (χ1n) is 5.83. The molecule has 1 aromatic rings. The Kier molecular flexibility index (Phi) is 3.60. The molecule has 0 saturated carbocycles. The molecule has 1 aromatic heterocycles. The van der Waals surface area contributed by atoms with E-state index in [9.17, 15) is 0 Å². The summed E-state index contributed by atoms with van der Waals surface area (Å²) in [7, 11) is 0. The molecule has 0 spiro atoms. The number of ether oxygens (including phenoxy) is 2. The number of aromatic nitrogens is 1. The van der Waals surface area contributed by atoms with Crippen LogP contribution in [0.1, 0.15) is 29.7 Å². The van der Waals surface area contributed by atoms with Gasteiger partial charge < -0.3 is 9.47 Å². The van der Waals surface area contributed by atoms with Crippen LogP contribution in [0.3, 0.4) is 0 Å². The third-order valence-corrected chi connectivity index (χ3v) is 2.87. The Balaban J connectivity index is 2.22. The number of nitrogens with zero attached hydrogens (tertiary/aromatic N) is 2. The van der Waals surface area contributed by atoms with Crippen molar-refractivity contribution < 1.29 is 9.47 Å². The Morgan fingerprint density at radius 1 is 1.41 bits per heavy atom. The number of nitriles is 1. The Hall–Kier alpha value is -1.60. The van der Waals surface area contributed by atoms with Gasteiger partial charge in [0.1, 0.15) is 17.7 Å². The van der Waals surface area contributed by atoms with Gasteiger partial charge in [-0.15, -0.1) is 0 Å². The van der Waals surface area contributed by atoms with E-state index in [0.29, 0.717) is 11.4 Å². The summed E-state index contributed by atoms with van der Waals surface area (Å²) >= 11 is 0. The zero-order valence-corrected chi connectivity index (χ0v) is 10.2. The van der Waals surface area contributed by atoms with Crippen molar-refractivity contribution in [3.8, 4) is 11.9 Å². The quantitative estimate of drug-likeness (QED) is 0.783. The molecular weight excluding hydrogens is 216 g/mol. The Bertz CT molecular complexity index is 445. The average molecular weight is 232 g/mol. The van der Waals surface area contributed by atoms with Crippen LogP contribution in [0.5, 0.6) is 5.88 Å². The Morgan fingerprint density at radius 3 is 2.76 bits per heavy atom. The SMILES string of the molecule is Cc1cc(C)c(C#N)c(OC2CCOCC2)n1. The number of rotatable bonds is 2. The lowest BCUT2D eigenvalue weighted by atomic mass is 10.1. The molecule has 2 rings (SSSR count). The summed E-state index contributed by atoms with van der Waals surface area (Å²) in [5.74, 6) is 0.469.